The van der Waals surface area contributed by atoms with Crippen LogP contribution in [0, 0.1) is 41.8 Å². The van der Waals surface area contributed by atoms with E-state index < -0.39 is 11.4 Å². The molecule has 694 valence electrons. The number of hydrogen-bond acceptors (Lipinski definition) is 18. The van der Waals surface area contributed by atoms with Crippen molar-refractivity contribution in [2.45, 2.75) is 100.0 Å². The van der Waals surface area contributed by atoms with Gasteiger partial charge in [-0.3, -0.25) is 24.0 Å². The number of carbonyl (C=O) groups is 6. The number of para-hydroxylation sites is 4. The number of hydrogen-bond donors (Lipinski definition) is 0. The van der Waals surface area contributed by atoms with E-state index in [4.69, 9.17) is 28.4 Å². The average molecular weight is 2180 g/mol. The zero-order valence-electron chi connectivity index (χ0n) is 77.4. The summed E-state index contributed by atoms with van der Waals surface area (Å²) in [5.74, 6) is 1.43. The molecule has 8 aromatic heterocycles. The molecule has 0 spiro atoms. The molecule has 0 aliphatic carbocycles. The van der Waals surface area contributed by atoms with E-state index in [2.05, 4.69) is 200 Å². The van der Waals surface area contributed by atoms with Crippen molar-refractivity contribution < 1.29 is 97.4 Å². The van der Waals surface area contributed by atoms with Crippen molar-refractivity contribution in [3.8, 4) is 102 Å². The fraction of sp³-hybridized carbons (Fsp3) is 0.138. The van der Waals surface area contributed by atoms with Gasteiger partial charge in [0.1, 0.15) is 0 Å². The fourth-order valence-electron chi connectivity index (χ4n) is 14.0. The molecule has 22 heteroatoms. The number of fused-ring (bicyclic) bond motifs is 6. The zero-order chi connectivity index (χ0) is 96.0. The van der Waals surface area contributed by atoms with E-state index in [1.54, 1.807) is 175 Å². The minimum Gasteiger partial charge on any atom is -0.447 e. The summed E-state index contributed by atoms with van der Waals surface area (Å²) in [6.07, 6.45) is 15.0. The summed E-state index contributed by atoms with van der Waals surface area (Å²) in [5, 5.41) is 5.04. The smallest absolute Gasteiger partial charge is 0.447 e. The van der Waals surface area contributed by atoms with Gasteiger partial charge in [-0.25, -0.2) is 4.79 Å². The van der Waals surface area contributed by atoms with Gasteiger partial charge >= 0.3 is 76.0 Å². The molecule has 138 heavy (non-hydrogen) atoms. The summed E-state index contributed by atoms with van der Waals surface area (Å²) in [6.45, 7) is 22.3. The molecule has 0 fully saturated rings. The zero-order valence-corrected chi connectivity index (χ0v) is 82.2. The maximum Gasteiger partial charge on any atom is 3.00 e. The van der Waals surface area contributed by atoms with Gasteiger partial charge in [0.15, 0.2) is 0 Å². The van der Waals surface area contributed by atoms with Crippen molar-refractivity contribution in [1.29, 1.82) is 0 Å². The van der Waals surface area contributed by atoms with Crippen molar-refractivity contribution in [3.63, 3.8) is 0 Å². The number of aromatic nitrogens is 8. The molecule has 8 heterocycles. The van der Waals surface area contributed by atoms with E-state index in [1.807, 2.05) is 128 Å². The predicted octanol–water partition coefficient (Wildman–Crippen LogP) is 26.0. The molecule has 18 aromatic rings. The quantitative estimate of drug-likeness (QED) is 0.0250. The van der Waals surface area contributed by atoms with Crippen LogP contribution in [0.1, 0.15) is 100.0 Å². The summed E-state index contributed by atoms with van der Waals surface area (Å²) < 4.78 is 36.1. The first kappa shape index (κ1) is 104. The van der Waals surface area contributed by atoms with Gasteiger partial charge in [-0.05, 0) is 128 Å². The van der Waals surface area contributed by atoms with Crippen LogP contribution in [-0.4, -0.2) is 74.9 Å². The molecule has 2 atom stereocenters. The van der Waals surface area contributed by atoms with Crippen molar-refractivity contribution in [3.05, 3.63) is 408 Å². The van der Waals surface area contributed by atoms with Crippen LogP contribution in [0.2, 0.25) is 0 Å². The third kappa shape index (κ3) is 29.7. The Morgan fingerprint density at radius 1 is 0.341 bits per heavy atom. The molecule has 0 amide bonds. The van der Waals surface area contributed by atoms with E-state index in [0.29, 0.717) is 78.6 Å². The Balaban J connectivity index is 0.000000170. The van der Waals surface area contributed by atoms with Crippen LogP contribution in [0.4, 0.5) is 0 Å². The van der Waals surface area contributed by atoms with Crippen molar-refractivity contribution in [2.24, 2.45) is 5.41 Å². The average Bonchev–Trinajstić information content (AvgIpc) is 1.61. The van der Waals surface area contributed by atoms with E-state index in [-0.39, 0.29) is 76.1 Å². The standard InChI is InChI=1S/C31H29N2O2.C15H12NO2.4C14H12NO2.C14H11N.2Ir/c1-4-31(3,30(34)35-24-13-11-12-23(20-24)27-16-9-10-19-32-27)21-22(2)33-28-17-7-5-14-25(28)26-15-6-8-18-29(26)33;1-11(2)15(17)18-13-7-5-6-12(10-13)14-8-3-4-9-16-14;4*1-2-14(16)17-12-7-5-6-11(10-12)13-8-3-4-9-15-13;1-2-15-13-9-5-3-7-11(13)12-8-4-6-10-14(12)15;;/h5-11,13-20,22H,4,21H2,1-3H3;3-5,7-10H,1H2,2H3;4*3-5,7-10H,2H2,1H3;2-10H,1H2;;/q6*-1;;2*+3. The Hall–Kier alpha value is -15.7. The maximum absolute atomic E-state index is 13.5. The van der Waals surface area contributed by atoms with E-state index in [9.17, 15) is 28.8 Å². The van der Waals surface area contributed by atoms with Gasteiger partial charge < -0.3 is 67.5 Å². The third-order valence-corrected chi connectivity index (χ3v) is 21.0. The molecule has 0 saturated heterocycles. The fourth-order valence-corrected chi connectivity index (χ4v) is 14.0. The Morgan fingerprint density at radius 2 is 0.572 bits per heavy atom. The number of nitrogens with zero attached hydrogens (tertiary/aromatic N) is 8. The largest absolute Gasteiger partial charge is 3.00 e. The number of carbonyl (C=O) groups excluding carboxylic acids is 6. The molecule has 0 aliphatic rings. The van der Waals surface area contributed by atoms with E-state index >= 15 is 0 Å². The first-order valence-electron chi connectivity index (χ1n) is 44.3. The van der Waals surface area contributed by atoms with Crippen LogP contribution in [0.15, 0.2) is 371 Å². The molecule has 0 N–H and O–H groups in total. The molecular formula is C116H100Ir2N8O12. The molecular weight excluding hydrogens is 2080 g/mol. The van der Waals surface area contributed by atoms with Gasteiger partial charge in [0, 0.05) is 113 Å². The first-order chi connectivity index (χ1) is 66.2. The van der Waals surface area contributed by atoms with Crippen molar-refractivity contribution in [1.82, 2.24) is 39.0 Å². The second kappa shape index (κ2) is 53.4. The number of ether oxygens (including phenoxy) is 6. The van der Waals surface area contributed by atoms with Gasteiger partial charge in [0.25, 0.3) is 0 Å². The minimum absolute atomic E-state index is 0. The Morgan fingerprint density at radius 3 is 0.804 bits per heavy atom. The van der Waals surface area contributed by atoms with Crippen LogP contribution >= 0.6 is 0 Å². The summed E-state index contributed by atoms with van der Waals surface area (Å²) in [6, 6.07) is 117. The monoisotopic (exact) mass is 2180 g/mol. The summed E-state index contributed by atoms with van der Waals surface area (Å²) in [4.78, 5) is 95.1. The Kier molecular flexibility index (Phi) is 40.4. The Labute approximate surface area is 831 Å². The van der Waals surface area contributed by atoms with Crippen LogP contribution in [0.25, 0.3) is 117 Å². The topological polar surface area (TPSA) is 245 Å². The SMILES string of the molecule is C=C(C)C(=O)Oc1cc[c-]c(-c2ccccn2)c1.C=Cn1c2ccccc2c2ccccc21.CCC(=O)Oc1cc[c-]c(-c2ccccn2)c1.CCC(=O)Oc1cc[c-]c(-c2ccccn2)c1.CCC(=O)Oc1cc[c-]c(-c2ccccn2)c1.CCC(=O)Oc1cc[c-]c(-c2ccccn2)c1.CCC(C)(CC(C)n1c2ccccc2c2ccccc21)C(=O)Oc1cc[c-]c(-c2ccccn2)c1.[Ir+3].[Ir+3]. The van der Waals surface area contributed by atoms with Gasteiger partial charge in [-0.2, -0.15) is 0 Å². The van der Waals surface area contributed by atoms with E-state index in [1.165, 1.54) is 43.6 Å². The summed E-state index contributed by atoms with van der Waals surface area (Å²) in [5.41, 5.74) is 14.2. The molecule has 2 unspecified atom stereocenters. The Bertz CT molecular complexity index is 6560. The van der Waals surface area contributed by atoms with Crippen LogP contribution in [0.5, 0.6) is 34.5 Å². The predicted molar refractivity (Wildman–Crippen MR) is 534 cm³/mol. The molecule has 0 saturated carbocycles. The molecule has 20 nitrogen and oxygen atoms in total. The van der Waals surface area contributed by atoms with Crippen molar-refractivity contribution >= 4 is 85.6 Å². The molecule has 10 aromatic carbocycles. The van der Waals surface area contributed by atoms with Gasteiger partial charge in [0.2, 0.25) is 0 Å². The number of benzene rings is 10. The minimum atomic E-state index is -0.642. The maximum atomic E-state index is 13.5. The number of esters is 6. The van der Waals surface area contributed by atoms with E-state index in [0.717, 1.165) is 67.5 Å². The summed E-state index contributed by atoms with van der Waals surface area (Å²) >= 11 is 0. The second-order valence-corrected chi connectivity index (χ2v) is 30.7. The van der Waals surface area contributed by atoms with Gasteiger partial charge in [-0.15, -0.1) is 179 Å². The molecule has 0 aliphatic heterocycles. The van der Waals surface area contributed by atoms with Crippen LogP contribution in [0.3, 0.4) is 0 Å². The number of pyridine rings is 6. The molecule has 18 rings (SSSR count). The summed E-state index contributed by atoms with van der Waals surface area (Å²) in [7, 11) is 0. The molecule has 0 bridgehead atoms. The first-order valence-corrected chi connectivity index (χ1v) is 44.3. The van der Waals surface area contributed by atoms with Gasteiger partial charge in [0.05, 0.1) is 50.9 Å². The van der Waals surface area contributed by atoms with Crippen molar-refractivity contribution in [2.75, 3.05) is 0 Å². The normalized spacial score (nSPS) is 10.9. The van der Waals surface area contributed by atoms with Gasteiger partial charge in [-0.1, -0.05) is 193 Å². The second-order valence-electron chi connectivity index (χ2n) is 30.7. The van der Waals surface area contributed by atoms with Crippen LogP contribution < -0.4 is 28.4 Å². The van der Waals surface area contributed by atoms with Crippen LogP contribution in [-0.2, 0) is 69.0 Å². The third-order valence-electron chi connectivity index (χ3n) is 21.0. The number of rotatable bonds is 23. The molecule has 0 radical (unpaired) electrons.